The predicted octanol–water partition coefficient (Wildman–Crippen LogP) is 6.92. The van der Waals surface area contributed by atoms with Crippen molar-refractivity contribution in [1.82, 2.24) is 0 Å². The number of rotatable bonds is 0. The third-order valence-corrected chi connectivity index (χ3v) is 4.88. The molecule has 0 radical (unpaired) electrons. The van der Waals surface area contributed by atoms with Gasteiger partial charge in [-0.15, -0.1) is 0 Å². The number of hydrogen-bond acceptors (Lipinski definition) is 0. The Bertz CT molecular complexity index is 1640. The fourth-order valence-corrected chi connectivity index (χ4v) is 3.94. The van der Waals surface area contributed by atoms with Crippen LogP contribution in [0.5, 0.6) is 0 Å². The summed E-state index contributed by atoms with van der Waals surface area (Å²) in [5.74, 6) is 0. The summed E-state index contributed by atoms with van der Waals surface area (Å²) in [4.78, 5) is 0. The monoisotopic (exact) mass is 312 g/mol. The highest BCUT2D eigenvalue weighted by Crippen LogP contribution is 2.47. The van der Waals surface area contributed by atoms with Gasteiger partial charge in [0.25, 0.3) is 0 Å². The van der Waals surface area contributed by atoms with E-state index in [1.165, 1.54) is 0 Å². The van der Waals surface area contributed by atoms with Crippen molar-refractivity contribution in [2.45, 2.75) is 0 Å². The van der Waals surface area contributed by atoms with E-state index in [1.54, 1.807) is 0 Å². The Balaban J connectivity index is 2.14. The molecular weight excluding hydrogens is 288 g/mol. The lowest BCUT2D eigenvalue weighted by Crippen LogP contribution is -1.91. The maximum atomic E-state index is 8.67. The Morgan fingerprint density at radius 1 is 0.292 bits per heavy atom. The standard InChI is InChI=1S/C24H12/c1-2-14-5-6-16-9-11-18-12-10-17-8-7-15-4-3-13(1)19-20(14)22(16)24(18)23(17)21(15)19/h1-12H/i1D,2D,3D,4D,5D,6D,7D,8D,9D,10D,11D,12D. The summed E-state index contributed by atoms with van der Waals surface area (Å²) in [5, 5.41) is 0.948. The summed E-state index contributed by atoms with van der Waals surface area (Å²) in [6.45, 7) is 0. The minimum Gasteiger partial charge on any atom is -0.0537 e. The average molecular weight is 312 g/mol. The quantitative estimate of drug-likeness (QED) is 0.210. The van der Waals surface area contributed by atoms with Gasteiger partial charge in [-0.2, -0.15) is 0 Å². The molecule has 7 aromatic rings. The summed E-state index contributed by atoms with van der Waals surface area (Å²) in [6.07, 6.45) is 0. The molecule has 0 unspecified atom stereocenters. The van der Waals surface area contributed by atoms with Gasteiger partial charge >= 0.3 is 0 Å². The van der Waals surface area contributed by atoms with Gasteiger partial charge in [-0.1, -0.05) is 72.5 Å². The van der Waals surface area contributed by atoms with E-state index < -0.39 is 72.5 Å². The van der Waals surface area contributed by atoms with E-state index in [-0.39, 0.29) is 64.6 Å². The van der Waals surface area contributed by atoms with Crippen molar-refractivity contribution in [3.05, 3.63) is 72.5 Å². The molecule has 0 saturated heterocycles. The molecule has 0 heteroatoms. The minimum absolute atomic E-state index is 0.0522. The Morgan fingerprint density at radius 2 is 0.417 bits per heavy atom. The highest BCUT2D eigenvalue weighted by molar-refractivity contribution is 6.44. The van der Waals surface area contributed by atoms with Crippen molar-refractivity contribution in [2.75, 3.05) is 0 Å². The molecule has 7 rings (SSSR count). The molecule has 0 aliphatic rings. The first-order valence-corrected chi connectivity index (χ1v) is 7.50. The first-order valence-electron chi connectivity index (χ1n) is 13.5. The van der Waals surface area contributed by atoms with Gasteiger partial charge in [-0.05, 0) is 64.6 Å². The van der Waals surface area contributed by atoms with Gasteiger partial charge in [-0.3, -0.25) is 0 Å². The molecule has 0 aromatic heterocycles. The first-order chi connectivity index (χ1) is 16.9. The van der Waals surface area contributed by atoms with Gasteiger partial charge in [0.05, 0.1) is 16.4 Å². The summed E-state index contributed by atoms with van der Waals surface area (Å²) in [6, 6.07) is -4.93. The maximum absolute atomic E-state index is 8.67. The Morgan fingerprint density at radius 3 is 0.542 bits per heavy atom. The lowest BCUT2D eigenvalue weighted by Gasteiger charge is -2.20. The molecular formula is C24H12. The molecule has 0 nitrogen and oxygen atoms in total. The van der Waals surface area contributed by atoms with Crippen LogP contribution in [0.2, 0.25) is 0 Å². The largest absolute Gasteiger partial charge is 0.0629 e. The van der Waals surface area contributed by atoms with E-state index in [0.29, 0.717) is 0 Å². The summed E-state index contributed by atoms with van der Waals surface area (Å²) >= 11 is 0. The minimum atomic E-state index is -0.411. The molecule has 0 atom stereocenters. The van der Waals surface area contributed by atoms with Crippen LogP contribution in [-0.4, -0.2) is 0 Å². The number of hydrogen-bond donors (Lipinski definition) is 0. The smallest absolute Gasteiger partial charge is 0.0537 e. The van der Waals surface area contributed by atoms with E-state index >= 15 is 0 Å². The predicted molar refractivity (Wildman–Crippen MR) is 105 cm³/mol. The molecule has 108 valence electrons. The fraction of sp³-hybridized carbons (Fsp3) is 0. The third kappa shape index (κ3) is 1.08. The van der Waals surface area contributed by atoms with Crippen LogP contribution in [-0.2, 0) is 0 Å². The van der Waals surface area contributed by atoms with Gasteiger partial charge in [0, 0.05) is 0 Å². The fourth-order valence-electron chi connectivity index (χ4n) is 3.94. The second kappa shape index (κ2) is 3.52. The van der Waals surface area contributed by atoms with Crippen LogP contribution in [0.3, 0.4) is 0 Å². The summed E-state index contributed by atoms with van der Waals surface area (Å²) < 4.78 is 104. The maximum Gasteiger partial charge on any atom is 0.0629 e. The van der Waals surface area contributed by atoms with E-state index in [0.717, 1.165) is 0 Å². The lowest BCUT2D eigenvalue weighted by molar-refractivity contribution is 1.80. The zero-order valence-corrected chi connectivity index (χ0v) is 12.0. The highest BCUT2D eigenvalue weighted by Gasteiger charge is 2.19. The average Bonchev–Trinajstić information content (AvgIpc) is 2.83. The van der Waals surface area contributed by atoms with Crippen LogP contribution in [0.4, 0.5) is 0 Å². The second-order valence-electron chi connectivity index (χ2n) is 6.00. The van der Waals surface area contributed by atoms with Crippen LogP contribution in [0, 0.1) is 0 Å². The van der Waals surface area contributed by atoms with Crippen molar-refractivity contribution in [2.24, 2.45) is 0 Å². The molecule has 0 heterocycles. The number of benzene rings is 7. The highest BCUT2D eigenvalue weighted by atomic mass is 14.2. The molecule has 24 heavy (non-hydrogen) atoms. The van der Waals surface area contributed by atoms with Gasteiger partial charge in [-0.25, -0.2) is 0 Å². The van der Waals surface area contributed by atoms with Crippen molar-refractivity contribution in [1.29, 1.82) is 0 Å². The van der Waals surface area contributed by atoms with E-state index in [1.807, 2.05) is 0 Å². The SMILES string of the molecule is [2H]c1c([2H])c2c([2H])c([2H])c3c([2H])c([2H])c4c([2H])c([2H])c5c([2H])c([2H])c6c([2H])c([2H])c1c1c2c3c4c5c61. The molecule has 0 aliphatic carbocycles. The second-order valence-corrected chi connectivity index (χ2v) is 6.00. The molecule has 0 amide bonds. The molecule has 0 bridgehead atoms. The Labute approximate surface area is 154 Å². The van der Waals surface area contributed by atoms with Gasteiger partial charge in [0.15, 0.2) is 0 Å². The van der Waals surface area contributed by atoms with Gasteiger partial charge in [0.1, 0.15) is 0 Å². The lowest BCUT2D eigenvalue weighted by atomic mass is 9.83. The van der Waals surface area contributed by atoms with E-state index in [9.17, 15) is 0 Å². The zero-order chi connectivity index (χ0) is 25.9. The topological polar surface area (TPSA) is 0 Å². The van der Waals surface area contributed by atoms with Crippen molar-refractivity contribution in [3.63, 3.8) is 0 Å². The van der Waals surface area contributed by atoms with E-state index in [2.05, 4.69) is 0 Å². The van der Waals surface area contributed by atoms with E-state index in [4.69, 9.17) is 16.4 Å². The van der Waals surface area contributed by atoms with Crippen LogP contribution >= 0.6 is 0 Å². The molecule has 0 aliphatic heterocycles. The summed E-state index contributed by atoms with van der Waals surface area (Å²) in [5.41, 5.74) is 0. The molecule has 0 fully saturated rings. The molecule has 7 aromatic carbocycles. The molecule has 0 N–H and O–H groups in total. The Kier molecular flexibility index (Phi) is 0.800. The van der Waals surface area contributed by atoms with Gasteiger partial charge in [0.2, 0.25) is 0 Å². The van der Waals surface area contributed by atoms with Crippen molar-refractivity contribution >= 4 is 64.6 Å². The van der Waals surface area contributed by atoms with Crippen LogP contribution in [0.15, 0.2) is 72.5 Å². The first kappa shape index (κ1) is 5.46. The van der Waals surface area contributed by atoms with Crippen molar-refractivity contribution < 1.29 is 16.4 Å². The van der Waals surface area contributed by atoms with Gasteiger partial charge < -0.3 is 0 Å². The van der Waals surface area contributed by atoms with Crippen molar-refractivity contribution in [3.8, 4) is 0 Å². The molecule has 0 saturated carbocycles. The third-order valence-electron chi connectivity index (χ3n) is 4.88. The normalized spacial score (nSPS) is 20.0. The van der Waals surface area contributed by atoms with Crippen LogP contribution in [0.1, 0.15) is 16.4 Å². The van der Waals surface area contributed by atoms with Crippen LogP contribution in [0.25, 0.3) is 64.6 Å². The zero-order valence-electron chi connectivity index (χ0n) is 24.0. The Hall–Kier alpha value is -3.12. The van der Waals surface area contributed by atoms with Crippen LogP contribution < -0.4 is 0 Å². The molecule has 0 spiro atoms. The summed E-state index contributed by atoms with van der Waals surface area (Å²) in [7, 11) is 0.